The number of aromatic hydroxyl groups is 1. The maximum absolute atomic E-state index is 12.1. The minimum absolute atomic E-state index is 0.0376. The Morgan fingerprint density at radius 1 is 1.43 bits per heavy atom. The van der Waals surface area contributed by atoms with E-state index in [-0.39, 0.29) is 24.1 Å². The van der Waals surface area contributed by atoms with Crippen LogP contribution in [0.15, 0.2) is 18.2 Å². The number of benzene rings is 1. The molecule has 1 aromatic rings. The predicted molar refractivity (Wildman–Crippen MR) is 75.0 cm³/mol. The highest BCUT2D eigenvalue weighted by Gasteiger charge is 2.19. The summed E-state index contributed by atoms with van der Waals surface area (Å²) in [6.45, 7) is 3.46. The van der Waals surface area contributed by atoms with Gasteiger partial charge in [0, 0.05) is 24.7 Å². The summed E-state index contributed by atoms with van der Waals surface area (Å²) in [5.74, 6) is -1.42. The number of hydrogen-bond acceptors (Lipinski definition) is 5. The van der Waals surface area contributed by atoms with Crippen molar-refractivity contribution in [2.75, 3.05) is 13.6 Å². The van der Waals surface area contributed by atoms with Crippen molar-refractivity contribution < 1.29 is 19.6 Å². The fourth-order valence-electron chi connectivity index (χ4n) is 1.69. The first kappa shape index (κ1) is 16.4. The summed E-state index contributed by atoms with van der Waals surface area (Å²) in [7, 11) is 1.43. The molecule has 0 unspecified atom stereocenters. The van der Waals surface area contributed by atoms with E-state index >= 15 is 0 Å². The average molecular weight is 295 g/mol. The molecule has 0 spiro atoms. The summed E-state index contributed by atoms with van der Waals surface area (Å²) in [6, 6.07) is 3.25. The van der Waals surface area contributed by atoms with Crippen molar-refractivity contribution in [2.24, 2.45) is 0 Å². The average Bonchev–Trinajstić information content (AvgIpc) is 2.35. The van der Waals surface area contributed by atoms with E-state index in [1.807, 2.05) is 0 Å². The van der Waals surface area contributed by atoms with Crippen molar-refractivity contribution in [3.63, 3.8) is 0 Å². The zero-order valence-electron chi connectivity index (χ0n) is 12.0. The molecule has 0 radical (unpaired) electrons. The topological polar surface area (TPSA) is 113 Å². The zero-order chi connectivity index (χ0) is 16.2. The van der Waals surface area contributed by atoms with Crippen molar-refractivity contribution in [1.29, 1.82) is 0 Å². The number of carbonyl (C=O) groups excluding carboxylic acids is 2. The number of hydrogen-bond donors (Lipinski definition) is 2. The highest BCUT2D eigenvalue weighted by molar-refractivity contribution is 5.97. The van der Waals surface area contributed by atoms with Crippen LogP contribution in [-0.4, -0.2) is 46.4 Å². The van der Waals surface area contributed by atoms with Gasteiger partial charge in [0.1, 0.15) is 0 Å². The van der Waals surface area contributed by atoms with Crippen LogP contribution in [0.5, 0.6) is 5.75 Å². The summed E-state index contributed by atoms with van der Waals surface area (Å²) < 4.78 is 0. The molecular formula is C13H17N3O5. The van der Waals surface area contributed by atoms with Gasteiger partial charge in [-0.25, -0.2) is 0 Å². The number of nitrogens with one attached hydrogen (secondary N) is 1. The molecule has 8 heteroatoms. The third-order valence-corrected chi connectivity index (χ3v) is 2.60. The van der Waals surface area contributed by atoms with E-state index in [2.05, 4.69) is 5.32 Å². The number of nitro groups is 1. The zero-order valence-corrected chi connectivity index (χ0v) is 12.0. The van der Waals surface area contributed by atoms with Crippen molar-refractivity contribution in [2.45, 2.75) is 19.9 Å². The molecule has 0 fully saturated rings. The third-order valence-electron chi connectivity index (χ3n) is 2.60. The van der Waals surface area contributed by atoms with Crippen LogP contribution in [0.25, 0.3) is 0 Å². The maximum Gasteiger partial charge on any atom is 0.310 e. The molecule has 2 N–H and O–H groups in total. The van der Waals surface area contributed by atoms with E-state index < -0.39 is 22.3 Å². The predicted octanol–water partition coefficient (Wildman–Crippen LogP) is 0.897. The van der Waals surface area contributed by atoms with Crippen LogP contribution in [0.1, 0.15) is 24.2 Å². The van der Waals surface area contributed by atoms with E-state index in [1.165, 1.54) is 18.0 Å². The second-order valence-corrected chi connectivity index (χ2v) is 4.84. The number of phenolic OH excluding ortho intramolecular Hbond substituents is 1. The van der Waals surface area contributed by atoms with Crippen molar-refractivity contribution in [3.8, 4) is 5.75 Å². The third kappa shape index (κ3) is 4.44. The number of phenols is 1. The fraction of sp³-hybridized carbons (Fsp3) is 0.385. The van der Waals surface area contributed by atoms with E-state index in [0.29, 0.717) is 0 Å². The van der Waals surface area contributed by atoms with Gasteiger partial charge in [0.2, 0.25) is 5.91 Å². The Balaban J connectivity index is 2.81. The molecule has 1 aromatic carbocycles. The van der Waals surface area contributed by atoms with Crippen LogP contribution in [-0.2, 0) is 4.79 Å². The van der Waals surface area contributed by atoms with Crippen LogP contribution in [0.4, 0.5) is 5.69 Å². The van der Waals surface area contributed by atoms with E-state index in [0.717, 1.165) is 12.1 Å². The van der Waals surface area contributed by atoms with Gasteiger partial charge in [-0.3, -0.25) is 19.7 Å². The number of nitrogens with zero attached hydrogens (tertiary/aromatic N) is 2. The van der Waals surface area contributed by atoms with Crippen molar-refractivity contribution in [3.05, 3.63) is 33.9 Å². The molecule has 2 amide bonds. The number of carbonyl (C=O) groups is 2. The Kier molecular flexibility index (Phi) is 5.23. The molecule has 114 valence electrons. The highest BCUT2D eigenvalue weighted by atomic mass is 16.6. The lowest BCUT2D eigenvalue weighted by atomic mass is 10.1. The quantitative estimate of drug-likeness (QED) is 0.619. The first-order chi connectivity index (χ1) is 9.72. The van der Waals surface area contributed by atoms with Gasteiger partial charge in [0.25, 0.3) is 5.91 Å². The van der Waals surface area contributed by atoms with Crippen LogP contribution in [0, 0.1) is 10.1 Å². The van der Waals surface area contributed by atoms with E-state index in [9.17, 15) is 24.8 Å². The van der Waals surface area contributed by atoms with Gasteiger partial charge in [-0.2, -0.15) is 0 Å². The maximum atomic E-state index is 12.1. The monoisotopic (exact) mass is 295 g/mol. The largest absolute Gasteiger partial charge is 0.502 e. The highest BCUT2D eigenvalue weighted by Crippen LogP contribution is 2.26. The summed E-state index contributed by atoms with van der Waals surface area (Å²) in [5, 5.41) is 22.7. The summed E-state index contributed by atoms with van der Waals surface area (Å²) >= 11 is 0. The van der Waals surface area contributed by atoms with Gasteiger partial charge in [0.15, 0.2) is 5.75 Å². The Labute approximate surface area is 121 Å². The molecule has 0 saturated carbocycles. The van der Waals surface area contributed by atoms with Gasteiger partial charge < -0.3 is 15.3 Å². The van der Waals surface area contributed by atoms with Crippen LogP contribution in [0.3, 0.4) is 0 Å². The van der Waals surface area contributed by atoms with Crippen LogP contribution in [0.2, 0.25) is 0 Å². The Bertz CT molecular complexity index is 571. The molecule has 0 aromatic heterocycles. The number of rotatable bonds is 5. The molecule has 21 heavy (non-hydrogen) atoms. The second-order valence-electron chi connectivity index (χ2n) is 4.84. The van der Waals surface area contributed by atoms with Crippen LogP contribution < -0.4 is 5.32 Å². The van der Waals surface area contributed by atoms with Gasteiger partial charge in [0.05, 0.1) is 11.5 Å². The molecular weight excluding hydrogens is 278 g/mol. The molecule has 0 atom stereocenters. The molecule has 8 nitrogen and oxygen atoms in total. The number of likely N-dealkylation sites (N-methyl/N-ethyl adjacent to an activating group) is 1. The normalized spacial score (nSPS) is 10.3. The Hall–Kier alpha value is -2.64. The number of amides is 2. The SMILES string of the molecule is CC(C)NC(=O)CN(C)C(=O)c1ccc([N+](=O)[O-])c(O)c1. The standard InChI is InChI=1S/C13H17N3O5/c1-8(2)14-12(18)7-15(3)13(19)9-4-5-10(16(20)21)11(17)6-9/h4-6,8,17H,7H2,1-3H3,(H,14,18). The van der Waals surface area contributed by atoms with Crippen molar-refractivity contribution in [1.82, 2.24) is 10.2 Å². The van der Waals surface area contributed by atoms with Gasteiger partial charge >= 0.3 is 5.69 Å². The Morgan fingerprint density at radius 2 is 2.05 bits per heavy atom. The lowest BCUT2D eigenvalue weighted by Gasteiger charge is -2.18. The van der Waals surface area contributed by atoms with E-state index in [1.54, 1.807) is 13.8 Å². The molecule has 0 aliphatic rings. The summed E-state index contributed by atoms with van der Waals surface area (Å²) in [5.41, 5.74) is -0.412. The molecule has 0 bridgehead atoms. The molecule has 0 aliphatic heterocycles. The minimum Gasteiger partial charge on any atom is -0.502 e. The first-order valence-corrected chi connectivity index (χ1v) is 6.24. The van der Waals surface area contributed by atoms with Gasteiger partial charge in [-0.1, -0.05) is 0 Å². The lowest BCUT2D eigenvalue weighted by Crippen LogP contribution is -2.40. The fourth-order valence-corrected chi connectivity index (χ4v) is 1.69. The van der Waals surface area contributed by atoms with E-state index in [4.69, 9.17) is 0 Å². The van der Waals surface area contributed by atoms with Gasteiger partial charge in [-0.05, 0) is 26.0 Å². The smallest absolute Gasteiger partial charge is 0.310 e. The molecule has 0 heterocycles. The molecule has 0 aliphatic carbocycles. The van der Waals surface area contributed by atoms with Gasteiger partial charge in [-0.15, -0.1) is 0 Å². The minimum atomic E-state index is -0.747. The molecule has 1 rings (SSSR count). The summed E-state index contributed by atoms with van der Waals surface area (Å²) in [4.78, 5) is 34.6. The first-order valence-electron chi connectivity index (χ1n) is 6.24. The second kappa shape index (κ2) is 6.69. The Morgan fingerprint density at radius 3 is 2.52 bits per heavy atom. The molecule has 0 saturated heterocycles. The van der Waals surface area contributed by atoms with Crippen molar-refractivity contribution >= 4 is 17.5 Å². The summed E-state index contributed by atoms with van der Waals surface area (Å²) in [6.07, 6.45) is 0. The number of nitro benzene ring substituents is 1. The van der Waals surface area contributed by atoms with Crippen LogP contribution >= 0.6 is 0 Å². The lowest BCUT2D eigenvalue weighted by molar-refractivity contribution is -0.385.